The molecule has 0 atom stereocenters. The normalized spacial score (nSPS) is 12.6. The number of para-hydroxylation sites is 4. The first-order chi connectivity index (χ1) is 26.3. The van der Waals surface area contributed by atoms with E-state index in [2.05, 4.69) is 186 Å². The van der Waals surface area contributed by atoms with E-state index < -0.39 is 0 Å². The number of ether oxygens (including phenoxy) is 1. The number of furan rings is 1. The number of fused-ring (bicyclic) bond motifs is 7. The lowest BCUT2D eigenvalue weighted by molar-refractivity contribution is 0.488. The highest BCUT2D eigenvalue weighted by Crippen LogP contribution is 2.45. The highest BCUT2D eigenvalue weighted by atomic mass is 16.5. The summed E-state index contributed by atoms with van der Waals surface area (Å²) < 4.78 is 13.6. The third-order valence-corrected chi connectivity index (χ3v) is 10.7. The van der Waals surface area contributed by atoms with Gasteiger partial charge in [-0.2, -0.15) is 0 Å². The fraction of sp³-hybridized carbons (Fsp3) is 0. The second-order valence-corrected chi connectivity index (χ2v) is 13.7. The van der Waals surface area contributed by atoms with Crippen LogP contribution in [0.4, 0.5) is 34.1 Å². The van der Waals surface area contributed by atoms with Crippen LogP contribution in [0, 0.1) is 0 Å². The molecule has 0 bridgehead atoms. The van der Waals surface area contributed by atoms with E-state index in [4.69, 9.17) is 9.15 Å². The average molecular weight is 679 g/mol. The Morgan fingerprint density at radius 3 is 1.85 bits per heavy atom. The molecule has 5 heteroatoms. The van der Waals surface area contributed by atoms with Crippen LogP contribution in [0.3, 0.4) is 0 Å². The van der Waals surface area contributed by atoms with E-state index in [0.29, 0.717) is 0 Å². The van der Waals surface area contributed by atoms with Crippen LogP contribution in [0.25, 0.3) is 33.1 Å². The molecule has 0 saturated heterocycles. The van der Waals surface area contributed by atoms with Crippen molar-refractivity contribution in [3.05, 3.63) is 188 Å². The molecule has 53 heavy (non-hydrogen) atoms. The standard InChI is InChI=1S/C48H31BN2O2/c1-4-15-32(16-5-1)36-21-10-12-23-41(36)51-42-24-13-11-22-39(42)49-40-31-46-38(30-47(40)52-44-26-14-25-43(51)48(44)49)37-28-27-35(29-45(37)53-46)50(33-17-6-2-7-18-33)34-19-8-3-9-20-34/h1-31H. The molecule has 0 N–H and O–H groups in total. The lowest BCUT2D eigenvalue weighted by Crippen LogP contribution is -2.59. The minimum atomic E-state index is -0.0267. The highest BCUT2D eigenvalue weighted by Gasteiger charge is 2.42. The summed E-state index contributed by atoms with van der Waals surface area (Å²) in [4.78, 5) is 4.67. The summed E-state index contributed by atoms with van der Waals surface area (Å²) in [6.07, 6.45) is 0. The number of hydrogen-bond donors (Lipinski definition) is 0. The Morgan fingerprint density at radius 1 is 0.434 bits per heavy atom. The number of nitrogens with zero attached hydrogens (tertiary/aromatic N) is 2. The summed E-state index contributed by atoms with van der Waals surface area (Å²) >= 11 is 0. The summed E-state index contributed by atoms with van der Waals surface area (Å²) in [5, 5.41) is 2.10. The lowest BCUT2D eigenvalue weighted by atomic mass is 9.34. The largest absolute Gasteiger partial charge is 0.458 e. The number of rotatable bonds is 5. The minimum Gasteiger partial charge on any atom is -0.458 e. The van der Waals surface area contributed by atoms with Crippen molar-refractivity contribution >= 4 is 79.2 Å². The predicted octanol–water partition coefficient (Wildman–Crippen LogP) is 11.1. The smallest absolute Gasteiger partial charge is 0.256 e. The van der Waals surface area contributed by atoms with Crippen LogP contribution >= 0.6 is 0 Å². The van der Waals surface area contributed by atoms with Gasteiger partial charge in [-0.1, -0.05) is 109 Å². The molecule has 0 saturated carbocycles. The zero-order valence-electron chi connectivity index (χ0n) is 28.7. The van der Waals surface area contributed by atoms with E-state index in [9.17, 15) is 0 Å². The number of benzene rings is 8. The molecule has 3 heterocycles. The zero-order valence-corrected chi connectivity index (χ0v) is 28.7. The molecule has 248 valence electrons. The molecule has 8 aromatic carbocycles. The lowest BCUT2D eigenvalue weighted by Gasteiger charge is -2.40. The minimum absolute atomic E-state index is 0.0267. The van der Waals surface area contributed by atoms with Crippen LogP contribution in [-0.4, -0.2) is 6.71 Å². The number of anilines is 6. The molecule has 9 aromatic rings. The van der Waals surface area contributed by atoms with Crippen LogP contribution in [0.1, 0.15) is 0 Å². The Morgan fingerprint density at radius 2 is 1.08 bits per heavy atom. The summed E-state index contributed by atoms with van der Waals surface area (Å²) in [6, 6.07) is 66.4. The van der Waals surface area contributed by atoms with E-state index in [1.54, 1.807) is 0 Å². The fourth-order valence-electron chi connectivity index (χ4n) is 8.42. The Labute approximate surface area is 307 Å². The molecule has 0 aliphatic carbocycles. The molecule has 0 unspecified atom stereocenters. The summed E-state index contributed by atoms with van der Waals surface area (Å²) in [6.45, 7) is -0.0267. The zero-order chi connectivity index (χ0) is 34.9. The van der Waals surface area contributed by atoms with Crippen molar-refractivity contribution in [2.45, 2.75) is 0 Å². The molecule has 11 rings (SSSR count). The monoisotopic (exact) mass is 678 g/mol. The maximum atomic E-state index is 6.87. The summed E-state index contributed by atoms with van der Waals surface area (Å²) in [5.74, 6) is 1.74. The Hall–Kier alpha value is -6.98. The third-order valence-electron chi connectivity index (χ3n) is 10.7. The molecule has 2 aliphatic heterocycles. The first kappa shape index (κ1) is 29.7. The van der Waals surface area contributed by atoms with Crippen LogP contribution in [0.2, 0.25) is 0 Å². The van der Waals surface area contributed by atoms with Gasteiger partial charge in [-0.05, 0) is 94.7 Å². The van der Waals surface area contributed by atoms with Crippen molar-refractivity contribution in [2.75, 3.05) is 9.80 Å². The molecule has 0 radical (unpaired) electrons. The van der Waals surface area contributed by atoms with Crippen LogP contribution in [-0.2, 0) is 0 Å². The number of hydrogen-bond acceptors (Lipinski definition) is 4. The Kier molecular flexibility index (Phi) is 6.61. The summed E-state index contributed by atoms with van der Waals surface area (Å²) in [5.41, 5.74) is 14.2. The van der Waals surface area contributed by atoms with Gasteiger partial charge in [0.1, 0.15) is 22.7 Å². The van der Waals surface area contributed by atoms with Gasteiger partial charge in [0.2, 0.25) is 0 Å². The molecule has 0 spiro atoms. The summed E-state index contributed by atoms with van der Waals surface area (Å²) in [7, 11) is 0. The van der Waals surface area contributed by atoms with Crippen molar-refractivity contribution < 1.29 is 9.15 Å². The quantitative estimate of drug-likeness (QED) is 0.170. The van der Waals surface area contributed by atoms with Crippen molar-refractivity contribution in [1.29, 1.82) is 0 Å². The maximum Gasteiger partial charge on any atom is 0.256 e. The van der Waals surface area contributed by atoms with Crippen LogP contribution < -0.4 is 30.9 Å². The van der Waals surface area contributed by atoms with Gasteiger partial charge in [0.25, 0.3) is 6.71 Å². The van der Waals surface area contributed by atoms with Crippen molar-refractivity contribution in [3.8, 4) is 22.6 Å². The molecule has 1 aromatic heterocycles. The molecule has 0 amide bonds. The van der Waals surface area contributed by atoms with Crippen LogP contribution in [0.15, 0.2) is 192 Å². The van der Waals surface area contributed by atoms with Gasteiger partial charge in [-0.15, -0.1) is 0 Å². The molecular formula is C48H31BN2O2. The van der Waals surface area contributed by atoms with E-state index >= 15 is 0 Å². The first-order valence-corrected chi connectivity index (χ1v) is 18.0. The topological polar surface area (TPSA) is 28.9 Å². The SMILES string of the molecule is c1ccc(-c2ccccc2N2c3ccccc3B3c4cc5oc6cc(N(c7ccccc7)c7ccccc7)ccc6c5cc4Oc4cccc2c43)cc1. The second kappa shape index (κ2) is 11.8. The third kappa shape index (κ3) is 4.64. The van der Waals surface area contributed by atoms with Crippen molar-refractivity contribution in [2.24, 2.45) is 0 Å². The Bertz CT molecular complexity index is 2800. The van der Waals surface area contributed by atoms with Crippen LogP contribution in [0.5, 0.6) is 11.5 Å². The average Bonchev–Trinajstić information content (AvgIpc) is 3.58. The fourth-order valence-corrected chi connectivity index (χ4v) is 8.42. The van der Waals surface area contributed by atoms with Gasteiger partial charge < -0.3 is 19.0 Å². The predicted molar refractivity (Wildman–Crippen MR) is 220 cm³/mol. The first-order valence-electron chi connectivity index (χ1n) is 18.0. The molecule has 2 aliphatic rings. The van der Waals surface area contributed by atoms with Crippen molar-refractivity contribution in [1.82, 2.24) is 0 Å². The van der Waals surface area contributed by atoms with E-state index in [0.717, 1.165) is 73.0 Å². The van der Waals surface area contributed by atoms with E-state index in [1.165, 1.54) is 22.1 Å². The molecular weight excluding hydrogens is 647 g/mol. The van der Waals surface area contributed by atoms with E-state index in [1.807, 2.05) is 12.1 Å². The maximum absolute atomic E-state index is 6.87. The van der Waals surface area contributed by atoms with E-state index in [-0.39, 0.29) is 6.71 Å². The molecule has 0 fully saturated rings. The van der Waals surface area contributed by atoms with Gasteiger partial charge >= 0.3 is 0 Å². The second-order valence-electron chi connectivity index (χ2n) is 13.7. The van der Waals surface area contributed by atoms with Gasteiger partial charge in [0.15, 0.2) is 0 Å². The Balaban J connectivity index is 1.07. The highest BCUT2D eigenvalue weighted by molar-refractivity contribution is 6.99. The van der Waals surface area contributed by atoms with Gasteiger partial charge in [-0.25, -0.2) is 0 Å². The van der Waals surface area contributed by atoms with Crippen molar-refractivity contribution in [3.63, 3.8) is 0 Å². The van der Waals surface area contributed by atoms with Gasteiger partial charge in [-0.3, -0.25) is 0 Å². The van der Waals surface area contributed by atoms with Gasteiger partial charge in [0, 0.05) is 50.8 Å². The molecule has 4 nitrogen and oxygen atoms in total. The van der Waals surface area contributed by atoms with Gasteiger partial charge in [0.05, 0.1) is 5.69 Å².